The molecule has 1 aliphatic carbocycles. The molecule has 0 aromatic heterocycles. The van der Waals surface area contributed by atoms with Gasteiger partial charge in [-0.15, -0.1) is 0 Å². The number of halogens is 3. The van der Waals surface area contributed by atoms with Crippen LogP contribution in [0.5, 0.6) is 5.75 Å². The Hall–Kier alpha value is 0.460. The molecule has 0 aliphatic heterocycles. The van der Waals surface area contributed by atoms with Gasteiger partial charge in [-0.25, -0.2) is 0 Å². The van der Waals surface area contributed by atoms with Gasteiger partial charge in [0, 0.05) is 10.2 Å². The number of para-hydroxylation sites is 1. The van der Waals surface area contributed by atoms with Gasteiger partial charge in [-0.05, 0) is 50.4 Å². The highest BCUT2D eigenvalue weighted by molar-refractivity contribution is 9.11. The van der Waals surface area contributed by atoms with Crippen molar-refractivity contribution in [3.8, 4) is 5.75 Å². The first-order valence-electron chi connectivity index (χ1n) is 5.17. The van der Waals surface area contributed by atoms with Crippen LogP contribution in [-0.4, -0.2) is 10.9 Å². The van der Waals surface area contributed by atoms with Gasteiger partial charge in [0.2, 0.25) is 0 Å². The largest absolute Gasteiger partial charge is 0.487 e. The van der Waals surface area contributed by atoms with E-state index in [1.165, 1.54) is 0 Å². The van der Waals surface area contributed by atoms with Crippen molar-refractivity contribution < 1.29 is 4.74 Å². The van der Waals surface area contributed by atoms with E-state index in [0.717, 1.165) is 21.1 Å². The van der Waals surface area contributed by atoms with E-state index >= 15 is 0 Å². The molecule has 0 N–H and O–H groups in total. The van der Waals surface area contributed by atoms with Crippen molar-refractivity contribution in [1.29, 1.82) is 0 Å². The molecule has 4 heteroatoms. The Bertz CT molecular complexity index is 383. The van der Waals surface area contributed by atoms with Crippen LogP contribution in [0.1, 0.15) is 20.3 Å². The summed E-state index contributed by atoms with van der Waals surface area (Å²) in [7, 11) is 0. The molecule has 1 nitrogen and oxygen atoms in total. The van der Waals surface area contributed by atoms with Gasteiger partial charge in [0.05, 0.1) is 8.95 Å². The van der Waals surface area contributed by atoms with Crippen molar-refractivity contribution in [2.75, 3.05) is 0 Å². The second kappa shape index (κ2) is 4.62. The molecule has 16 heavy (non-hydrogen) atoms. The number of hydrogen-bond donors (Lipinski definition) is 0. The van der Waals surface area contributed by atoms with Gasteiger partial charge in [-0.3, -0.25) is 0 Å². The Labute approximate surface area is 121 Å². The molecule has 2 atom stereocenters. The van der Waals surface area contributed by atoms with Crippen molar-refractivity contribution in [1.82, 2.24) is 0 Å². The van der Waals surface area contributed by atoms with Crippen LogP contribution < -0.4 is 4.74 Å². The van der Waals surface area contributed by atoms with Crippen LogP contribution in [0.25, 0.3) is 0 Å². The molecule has 1 fully saturated rings. The van der Waals surface area contributed by atoms with E-state index in [4.69, 9.17) is 4.74 Å². The first kappa shape index (κ1) is 12.9. The maximum Gasteiger partial charge on any atom is 0.148 e. The summed E-state index contributed by atoms with van der Waals surface area (Å²) in [5.74, 6) is 0.903. The monoisotopic (exact) mass is 410 g/mol. The predicted octanol–water partition coefficient (Wildman–Crippen LogP) is 5.15. The lowest BCUT2D eigenvalue weighted by Crippen LogP contribution is -2.53. The molecular formula is C12H13Br3O. The van der Waals surface area contributed by atoms with Crippen LogP contribution in [0.3, 0.4) is 0 Å². The second-order valence-corrected chi connectivity index (χ2v) is 7.50. The van der Waals surface area contributed by atoms with Crippen LogP contribution in [0.4, 0.5) is 0 Å². The van der Waals surface area contributed by atoms with E-state index < -0.39 is 0 Å². The maximum atomic E-state index is 6.07. The van der Waals surface area contributed by atoms with E-state index in [0.29, 0.717) is 4.83 Å². The van der Waals surface area contributed by atoms with Crippen LogP contribution >= 0.6 is 47.8 Å². The van der Waals surface area contributed by atoms with Gasteiger partial charge in [0.15, 0.2) is 0 Å². The number of alkyl halides is 1. The molecule has 1 aromatic rings. The van der Waals surface area contributed by atoms with Crippen molar-refractivity contribution in [3.05, 3.63) is 27.1 Å². The van der Waals surface area contributed by atoms with Crippen molar-refractivity contribution >= 4 is 47.8 Å². The molecule has 2 unspecified atom stereocenters. The Morgan fingerprint density at radius 2 is 1.81 bits per heavy atom. The average molecular weight is 413 g/mol. The molecule has 1 aromatic carbocycles. The fourth-order valence-electron chi connectivity index (χ4n) is 1.77. The summed E-state index contributed by atoms with van der Waals surface area (Å²) >= 11 is 10.7. The van der Waals surface area contributed by atoms with Crippen molar-refractivity contribution in [3.63, 3.8) is 0 Å². The summed E-state index contributed by atoms with van der Waals surface area (Å²) in [6.07, 6.45) is 1.33. The van der Waals surface area contributed by atoms with Crippen LogP contribution in [0, 0.1) is 5.41 Å². The number of benzene rings is 1. The average Bonchev–Trinajstić information content (AvgIpc) is 2.22. The number of ether oxygens (including phenoxy) is 1. The zero-order chi connectivity index (χ0) is 11.9. The van der Waals surface area contributed by atoms with E-state index in [1.807, 2.05) is 18.2 Å². The van der Waals surface area contributed by atoms with Crippen molar-refractivity contribution in [2.24, 2.45) is 5.41 Å². The molecule has 0 saturated heterocycles. The summed E-state index contributed by atoms with van der Waals surface area (Å²) < 4.78 is 8.07. The Morgan fingerprint density at radius 3 is 2.25 bits per heavy atom. The van der Waals surface area contributed by atoms with Crippen LogP contribution in [0.2, 0.25) is 0 Å². The Balaban J connectivity index is 2.17. The normalized spacial score (nSPS) is 27.3. The molecule has 2 rings (SSSR count). The molecular weight excluding hydrogens is 400 g/mol. The third-order valence-corrected chi connectivity index (χ3v) is 6.04. The van der Waals surface area contributed by atoms with Gasteiger partial charge >= 0.3 is 0 Å². The molecule has 1 aliphatic rings. The minimum absolute atomic E-state index is 0.189. The summed E-state index contributed by atoms with van der Waals surface area (Å²) in [6, 6.07) is 5.98. The maximum absolute atomic E-state index is 6.07. The highest BCUT2D eigenvalue weighted by atomic mass is 79.9. The first-order chi connectivity index (χ1) is 7.43. The van der Waals surface area contributed by atoms with E-state index in [2.05, 4.69) is 61.6 Å². The van der Waals surface area contributed by atoms with Gasteiger partial charge in [0.25, 0.3) is 0 Å². The lowest BCUT2D eigenvalue weighted by atomic mass is 9.69. The molecule has 1 saturated carbocycles. The molecule has 0 spiro atoms. The SMILES string of the molecule is CC1(C)C(Br)CC1Oc1c(Br)cccc1Br. The third kappa shape index (κ3) is 2.21. The highest BCUT2D eigenvalue weighted by Gasteiger charge is 2.48. The Morgan fingerprint density at radius 1 is 1.25 bits per heavy atom. The summed E-state index contributed by atoms with van der Waals surface area (Å²) in [6.45, 7) is 4.46. The molecule has 0 radical (unpaired) electrons. The standard InChI is InChI=1S/C12H13Br3O/c1-12(2)9(15)6-10(12)16-11-7(13)4-3-5-8(11)14/h3-5,9-10H,6H2,1-2H3. The minimum atomic E-state index is 0.189. The predicted molar refractivity (Wildman–Crippen MR) is 77.4 cm³/mol. The summed E-state index contributed by atoms with van der Waals surface area (Å²) in [5.41, 5.74) is 0.189. The fraction of sp³-hybridized carbons (Fsp3) is 0.500. The number of rotatable bonds is 2. The van der Waals surface area contributed by atoms with Gasteiger partial charge in [-0.2, -0.15) is 0 Å². The lowest BCUT2D eigenvalue weighted by Gasteiger charge is -2.48. The molecule has 0 heterocycles. The van der Waals surface area contributed by atoms with Gasteiger partial charge in [0.1, 0.15) is 11.9 Å². The molecule has 88 valence electrons. The van der Waals surface area contributed by atoms with Gasteiger partial charge < -0.3 is 4.74 Å². The van der Waals surface area contributed by atoms with Crippen LogP contribution in [-0.2, 0) is 0 Å². The number of hydrogen-bond acceptors (Lipinski definition) is 1. The zero-order valence-corrected chi connectivity index (χ0v) is 13.9. The minimum Gasteiger partial charge on any atom is -0.487 e. The quantitative estimate of drug-likeness (QED) is 0.610. The van der Waals surface area contributed by atoms with E-state index in [9.17, 15) is 0 Å². The topological polar surface area (TPSA) is 9.23 Å². The summed E-state index contributed by atoms with van der Waals surface area (Å²) in [5, 5.41) is 0. The third-order valence-electron chi connectivity index (χ3n) is 3.24. The molecule has 0 bridgehead atoms. The smallest absolute Gasteiger partial charge is 0.148 e. The van der Waals surface area contributed by atoms with E-state index in [-0.39, 0.29) is 11.5 Å². The van der Waals surface area contributed by atoms with Gasteiger partial charge in [-0.1, -0.05) is 35.8 Å². The van der Waals surface area contributed by atoms with Crippen molar-refractivity contribution in [2.45, 2.75) is 31.2 Å². The summed E-state index contributed by atoms with van der Waals surface area (Å²) in [4.78, 5) is 0.547. The second-order valence-electron chi connectivity index (χ2n) is 4.68. The zero-order valence-electron chi connectivity index (χ0n) is 9.14. The Kier molecular flexibility index (Phi) is 3.72. The first-order valence-corrected chi connectivity index (χ1v) is 7.68. The fourth-order valence-corrected chi connectivity index (χ4v) is 3.59. The van der Waals surface area contributed by atoms with Crippen LogP contribution in [0.15, 0.2) is 27.1 Å². The highest BCUT2D eigenvalue weighted by Crippen LogP contribution is 2.48. The van der Waals surface area contributed by atoms with E-state index in [1.54, 1.807) is 0 Å². The lowest BCUT2D eigenvalue weighted by molar-refractivity contribution is -0.00879. The molecule has 0 amide bonds.